The maximum Gasteiger partial charge on any atom is 0.263 e. The van der Waals surface area contributed by atoms with E-state index in [2.05, 4.69) is 25.2 Å². The molecule has 0 bridgehead atoms. The quantitative estimate of drug-likeness (QED) is 0.516. The molecule has 5 aromatic rings. The van der Waals surface area contributed by atoms with Crippen LogP contribution >= 0.6 is 0 Å². The van der Waals surface area contributed by atoms with Crippen LogP contribution in [0.1, 0.15) is 11.3 Å². The van der Waals surface area contributed by atoms with E-state index in [0.717, 1.165) is 5.39 Å². The van der Waals surface area contributed by atoms with Crippen molar-refractivity contribution in [2.45, 2.75) is 13.5 Å². The van der Waals surface area contributed by atoms with E-state index in [9.17, 15) is 4.39 Å². The Balaban J connectivity index is 1.70. The highest BCUT2D eigenvalue weighted by atomic mass is 19.1. The van der Waals surface area contributed by atoms with Gasteiger partial charge in [-0.15, -0.1) is 0 Å². The zero-order valence-corrected chi connectivity index (χ0v) is 14.8. The second-order valence-corrected chi connectivity index (χ2v) is 6.35. The van der Waals surface area contributed by atoms with Crippen LogP contribution in [0.3, 0.4) is 0 Å². The van der Waals surface area contributed by atoms with E-state index >= 15 is 0 Å². The molecule has 0 aliphatic rings. The molecule has 2 N–H and O–H groups in total. The summed E-state index contributed by atoms with van der Waals surface area (Å²) in [6.45, 7) is 1.99. The molecule has 0 radical (unpaired) electrons. The lowest BCUT2D eigenvalue weighted by Gasteiger charge is -2.04. The summed E-state index contributed by atoms with van der Waals surface area (Å²) in [5.41, 5.74) is 8.58. The maximum atomic E-state index is 14.1. The lowest BCUT2D eigenvalue weighted by atomic mass is 10.2. The largest absolute Gasteiger partial charge is 0.383 e. The van der Waals surface area contributed by atoms with E-state index in [1.807, 2.05) is 6.07 Å². The first-order valence-corrected chi connectivity index (χ1v) is 8.56. The monoisotopic (exact) mass is 375 g/mol. The van der Waals surface area contributed by atoms with Crippen LogP contribution in [0.2, 0.25) is 0 Å². The van der Waals surface area contributed by atoms with Gasteiger partial charge >= 0.3 is 0 Å². The van der Waals surface area contributed by atoms with Gasteiger partial charge in [-0.1, -0.05) is 23.4 Å². The van der Waals surface area contributed by atoms with Crippen LogP contribution in [0, 0.1) is 12.7 Å². The molecular weight excluding hydrogens is 361 g/mol. The van der Waals surface area contributed by atoms with Gasteiger partial charge in [0.05, 0.1) is 17.6 Å². The number of anilines is 1. The van der Waals surface area contributed by atoms with Gasteiger partial charge in [0.25, 0.3) is 5.71 Å². The lowest BCUT2D eigenvalue weighted by Crippen LogP contribution is -2.05. The van der Waals surface area contributed by atoms with Crippen molar-refractivity contribution in [1.82, 2.24) is 29.9 Å². The number of aryl methyl sites for hydroxylation is 1. The predicted octanol–water partition coefficient (Wildman–Crippen LogP) is 3.11. The Bertz CT molecular complexity index is 1340. The Morgan fingerprint density at radius 1 is 1.14 bits per heavy atom. The number of nitrogens with zero attached hydrogens (tertiary/aromatic N) is 6. The summed E-state index contributed by atoms with van der Waals surface area (Å²) in [5.74, 6) is 0.258. The van der Waals surface area contributed by atoms with Crippen LogP contribution in [0.15, 0.2) is 47.1 Å². The van der Waals surface area contributed by atoms with Crippen molar-refractivity contribution in [3.8, 4) is 11.5 Å². The molecule has 0 atom stereocenters. The van der Waals surface area contributed by atoms with E-state index < -0.39 is 0 Å². The molecule has 4 aromatic heterocycles. The molecule has 1 aromatic carbocycles. The standard InChI is InChI=1S/C19H14FN7O/c1-10-14-16(21)23-17(24-19(14)28-26-10)15-12-6-4-8-22-18(12)27(25-15)9-11-5-2-3-7-13(11)20/h2-8H,9H2,1H3,(H2,21,23,24). The molecule has 8 nitrogen and oxygen atoms in total. The van der Waals surface area contributed by atoms with Gasteiger partial charge < -0.3 is 10.3 Å². The number of hydrogen-bond acceptors (Lipinski definition) is 7. The Kier molecular flexibility index (Phi) is 3.54. The molecule has 5 rings (SSSR count). The van der Waals surface area contributed by atoms with Gasteiger partial charge in [0.15, 0.2) is 11.5 Å². The van der Waals surface area contributed by atoms with E-state index in [1.165, 1.54) is 6.07 Å². The van der Waals surface area contributed by atoms with Crippen molar-refractivity contribution in [1.29, 1.82) is 0 Å². The molecule has 138 valence electrons. The van der Waals surface area contributed by atoms with Crippen molar-refractivity contribution in [3.63, 3.8) is 0 Å². The van der Waals surface area contributed by atoms with Crippen LogP contribution in [-0.4, -0.2) is 29.9 Å². The number of pyridine rings is 1. The highest BCUT2D eigenvalue weighted by molar-refractivity contribution is 5.92. The lowest BCUT2D eigenvalue weighted by molar-refractivity contribution is 0.443. The Morgan fingerprint density at radius 2 is 2.00 bits per heavy atom. The first-order valence-electron chi connectivity index (χ1n) is 8.56. The van der Waals surface area contributed by atoms with Crippen molar-refractivity contribution >= 4 is 28.0 Å². The van der Waals surface area contributed by atoms with Crippen molar-refractivity contribution in [2.75, 3.05) is 5.73 Å². The molecule has 0 saturated heterocycles. The molecule has 0 fully saturated rings. The summed E-state index contributed by atoms with van der Waals surface area (Å²) < 4.78 is 21.0. The van der Waals surface area contributed by atoms with Crippen molar-refractivity contribution < 1.29 is 8.91 Å². The molecule has 0 amide bonds. The molecule has 0 saturated carbocycles. The summed E-state index contributed by atoms with van der Waals surface area (Å²) in [6.07, 6.45) is 1.66. The molecule has 9 heteroatoms. The second kappa shape index (κ2) is 6.08. The smallest absolute Gasteiger partial charge is 0.263 e. The summed E-state index contributed by atoms with van der Waals surface area (Å²) in [6, 6.07) is 10.2. The summed E-state index contributed by atoms with van der Waals surface area (Å²) >= 11 is 0. The zero-order chi connectivity index (χ0) is 19.3. The number of nitrogens with two attached hydrogens (primary N) is 1. The topological polar surface area (TPSA) is 109 Å². The third kappa shape index (κ3) is 2.48. The van der Waals surface area contributed by atoms with Gasteiger partial charge in [-0.3, -0.25) is 0 Å². The van der Waals surface area contributed by atoms with Crippen LogP contribution < -0.4 is 5.73 Å². The van der Waals surface area contributed by atoms with E-state index in [0.29, 0.717) is 39.5 Å². The molecule has 4 heterocycles. The first kappa shape index (κ1) is 16.3. The number of nitrogen functional groups attached to an aromatic ring is 1. The van der Waals surface area contributed by atoms with Crippen LogP contribution in [-0.2, 0) is 6.54 Å². The normalized spacial score (nSPS) is 11.5. The number of hydrogen-bond donors (Lipinski definition) is 1. The highest BCUT2D eigenvalue weighted by Gasteiger charge is 2.20. The predicted molar refractivity (Wildman–Crippen MR) is 101 cm³/mol. The fourth-order valence-electron chi connectivity index (χ4n) is 3.20. The summed E-state index contributed by atoms with van der Waals surface area (Å²) in [7, 11) is 0. The molecule has 0 spiro atoms. The number of benzene rings is 1. The van der Waals surface area contributed by atoms with Crippen LogP contribution in [0.5, 0.6) is 0 Å². The fourth-order valence-corrected chi connectivity index (χ4v) is 3.20. The average Bonchev–Trinajstić information content (AvgIpc) is 3.25. The number of halogens is 1. The highest BCUT2D eigenvalue weighted by Crippen LogP contribution is 2.29. The molecular formula is C19H14FN7O. The van der Waals surface area contributed by atoms with Gasteiger partial charge in [-0.05, 0) is 25.1 Å². The van der Waals surface area contributed by atoms with Gasteiger partial charge in [0, 0.05) is 11.8 Å². The average molecular weight is 375 g/mol. The van der Waals surface area contributed by atoms with Gasteiger partial charge in [-0.25, -0.2) is 19.0 Å². The minimum atomic E-state index is -0.303. The minimum Gasteiger partial charge on any atom is -0.383 e. The second-order valence-electron chi connectivity index (χ2n) is 6.35. The third-order valence-electron chi connectivity index (χ3n) is 4.53. The summed E-state index contributed by atoms with van der Waals surface area (Å²) in [5, 5.41) is 9.79. The zero-order valence-electron chi connectivity index (χ0n) is 14.8. The van der Waals surface area contributed by atoms with Gasteiger partial charge in [-0.2, -0.15) is 10.1 Å². The number of aromatic nitrogens is 6. The third-order valence-corrected chi connectivity index (χ3v) is 4.53. The van der Waals surface area contributed by atoms with Crippen LogP contribution in [0.25, 0.3) is 33.7 Å². The number of fused-ring (bicyclic) bond motifs is 2. The molecule has 28 heavy (non-hydrogen) atoms. The minimum absolute atomic E-state index is 0.222. The first-order chi connectivity index (χ1) is 13.6. The Hall–Kier alpha value is -3.88. The molecule has 0 aliphatic carbocycles. The number of rotatable bonds is 3. The maximum absolute atomic E-state index is 14.1. The Labute approximate surface area is 157 Å². The summed E-state index contributed by atoms with van der Waals surface area (Å²) in [4.78, 5) is 13.2. The van der Waals surface area contributed by atoms with E-state index in [-0.39, 0.29) is 18.2 Å². The van der Waals surface area contributed by atoms with Crippen molar-refractivity contribution in [2.24, 2.45) is 0 Å². The SMILES string of the molecule is Cc1noc2nc(-c3nn(Cc4ccccc4F)c4ncccc34)nc(N)c12. The molecule has 0 unspecified atom stereocenters. The molecule has 0 aliphatic heterocycles. The van der Waals surface area contributed by atoms with Crippen LogP contribution in [0.4, 0.5) is 10.2 Å². The van der Waals surface area contributed by atoms with Gasteiger partial charge in [0.2, 0.25) is 0 Å². The van der Waals surface area contributed by atoms with E-state index in [4.69, 9.17) is 10.3 Å². The van der Waals surface area contributed by atoms with Crippen molar-refractivity contribution in [3.05, 3.63) is 59.7 Å². The Morgan fingerprint density at radius 3 is 2.86 bits per heavy atom. The van der Waals surface area contributed by atoms with Gasteiger partial charge in [0.1, 0.15) is 22.7 Å². The fraction of sp³-hybridized carbons (Fsp3) is 0.105. The van der Waals surface area contributed by atoms with E-state index in [1.54, 1.807) is 42.1 Å².